The lowest BCUT2D eigenvalue weighted by Crippen LogP contribution is -2.35. The molecule has 1 aromatic heterocycles. The minimum Gasteiger partial charge on any atom is -0.358 e. The fraction of sp³-hybridized carbons (Fsp3) is 0.444. The number of nitrogens with two attached hydrogens (primary N) is 1. The Hall–Kier alpha value is -2.45. The standard InChI is InChI=1S/C9H13N5O4/c1-2-3-4-13-5-6(7(12-13)14(17)18)8(15)11-9(10)16/h5H,2-4H2,1H3,(H3,10,11,15,16). The van der Waals surface area contributed by atoms with Crippen molar-refractivity contribution in [3.63, 3.8) is 0 Å². The molecule has 0 saturated heterocycles. The monoisotopic (exact) mass is 255 g/mol. The fourth-order valence-corrected chi connectivity index (χ4v) is 1.32. The number of aryl methyl sites for hydroxylation is 1. The van der Waals surface area contributed by atoms with Crippen molar-refractivity contribution in [3.8, 4) is 0 Å². The van der Waals surface area contributed by atoms with Gasteiger partial charge in [0.2, 0.25) is 0 Å². The first-order valence-corrected chi connectivity index (χ1v) is 5.28. The molecule has 9 nitrogen and oxygen atoms in total. The van der Waals surface area contributed by atoms with Gasteiger partial charge in [-0.05, 0) is 11.3 Å². The number of aromatic nitrogens is 2. The van der Waals surface area contributed by atoms with Gasteiger partial charge in [0.15, 0.2) is 5.56 Å². The lowest BCUT2D eigenvalue weighted by molar-refractivity contribution is -0.390. The summed E-state index contributed by atoms with van der Waals surface area (Å²) in [7, 11) is 0. The molecule has 0 atom stereocenters. The van der Waals surface area contributed by atoms with Crippen LogP contribution >= 0.6 is 0 Å². The molecule has 0 spiro atoms. The van der Waals surface area contributed by atoms with Crippen molar-refractivity contribution in [2.24, 2.45) is 5.73 Å². The first-order chi connectivity index (χ1) is 8.45. The van der Waals surface area contributed by atoms with Gasteiger partial charge in [0, 0.05) is 0 Å². The maximum atomic E-state index is 11.5. The molecule has 0 aliphatic carbocycles. The van der Waals surface area contributed by atoms with Crippen LogP contribution in [0.25, 0.3) is 0 Å². The molecule has 0 aliphatic rings. The molecule has 0 aromatic carbocycles. The summed E-state index contributed by atoms with van der Waals surface area (Å²) in [4.78, 5) is 32.0. The maximum absolute atomic E-state index is 11.5. The number of nitrogens with one attached hydrogen (secondary N) is 1. The Bertz CT molecular complexity index is 481. The Morgan fingerprint density at radius 3 is 2.78 bits per heavy atom. The number of primary amides is 1. The Labute approximate surface area is 102 Å². The van der Waals surface area contributed by atoms with E-state index < -0.39 is 22.7 Å². The second-order valence-corrected chi connectivity index (χ2v) is 3.56. The summed E-state index contributed by atoms with van der Waals surface area (Å²) in [6.45, 7) is 2.42. The number of nitro groups is 1. The topological polar surface area (TPSA) is 133 Å². The third kappa shape index (κ3) is 3.27. The zero-order chi connectivity index (χ0) is 13.7. The molecule has 0 radical (unpaired) electrons. The second kappa shape index (κ2) is 5.75. The van der Waals surface area contributed by atoms with E-state index in [-0.39, 0.29) is 5.56 Å². The van der Waals surface area contributed by atoms with Crippen molar-refractivity contribution < 1.29 is 14.5 Å². The molecule has 1 heterocycles. The maximum Gasteiger partial charge on any atom is 0.402 e. The number of nitrogens with zero attached hydrogens (tertiary/aromatic N) is 3. The van der Waals surface area contributed by atoms with Gasteiger partial charge < -0.3 is 15.8 Å². The van der Waals surface area contributed by atoms with Gasteiger partial charge in [-0.25, -0.2) is 4.79 Å². The van der Waals surface area contributed by atoms with Crippen molar-refractivity contribution in [2.45, 2.75) is 26.3 Å². The van der Waals surface area contributed by atoms with Crippen molar-refractivity contribution in [1.82, 2.24) is 15.1 Å². The lowest BCUT2D eigenvalue weighted by atomic mass is 10.3. The highest BCUT2D eigenvalue weighted by Crippen LogP contribution is 2.16. The predicted octanol–water partition coefficient (Wildman–Crippen LogP) is 0.400. The number of rotatable bonds is 5. The van der Waals surface area contributed by atoms with Crippen molar-refractivity contribution >= 4 is 17.8 Å². The van der Waals surface area contributed by atoms with Crippen LogP contribution in [-0.4, -0.2) is 26.6 Å². The van der Waals surface area contributed by atoms with Crippen LogP contribution in [0.15, 0.2) is 6.20 Å². The average Bonchev–Trinajstić information content (AvgIpc) is 2.69. The van der Waals surface area contributed by atoms with Gasteiger partial charge >= 0.3 is 11.8 Å². The molecule has 0 unspecified atom stereocenters. The third-order valence-corrected chi connectivity index (χ3v) is 2.14. The van der Waals surface area contributed by atoms with Gasteiger partial charge in [-0.3, -0.25) is 10.1 Å². The van der Waals surface area contributed by atoms with Crippen molar-refractivity contribution in [1.29, 1.82) is 0 Å². The van der Waals surface area contributed by atoms with E-state index in [0.29, 0.717) is 6.54 Å². The average molecular weight is 255 g/mol. The van der Waals surface area contributed by atoms with Gasteiger partial charge in [0.1, 0.15) is 0 Å². The summed E-state index contributed by atoms with van der Waals surface area (Å²) in [5.41, 5.74) is 4.49. The van der Waals surface area contributed by atoms with E-state index in [0.717, 1.165) is 12.8 Å². The third-order valence-electron chi connectivity index (χ3n) is 2.14. The van der Waals surface area contributed by atoms with E-state index in [4.69, 9.17) is 5.73 Å². The number of hydrogen-bond donors (Lipinski definition) is 2. The Morgan fingerprint density at radius 1 is 1.61 bits per heavy atom. The van der Waals surface area contributed by atoms with Gasteiger partial charge in [-0.1, -0.05) is 13.3 Å². The van der Waals surface area contributed by atoms with E-state index in [9.17, 15) is 19.7 Å². The molecule has 3 amide bonds. The van der Waals surface area contributed by atoms with Gasteiger partial charge in [0.25, 0.3) is 5.91 Å². The molecule has 0 aliphatic heterocycles. The molecule has 0 bridgehead atoms. The van der Waals surface area contributed by atoms with Crippen LogP contribution in [0, 0.1) is 10.1 Å². The molecule has 1 rings (SSSR count). The molecular formula is C9H13N5O4. The van der Waals surface area contributed by atoms with Crippen molar-refractivity contribution in [3.05, 3.63) is 21.9 Å². The summed E-state index contributed by atoms with van der Waals surface area (Å²) in [5.74, 6) is -1.53. The number of unbranched alkanes of at least 4 members (excludes halogenated alkanes) is 1. The first-order valence-electron chi connectivity index (χ1n) is 5.28. The zero-order valence-corrected chi connectivity index (χ0v) is 9.75. The lowest BCUT2D eigenvalue weighted by Gasteiger charge is -1.96. The van der Waals surface area contributed by atoms with E-state index in [1.165, 1.54) is 10.9 Å². The highest BCUT2D eigenvalue weighted by atomic mass is 16.6. The minimum absolute atomic E-state index is 0.282. The highest BCUT2D eigenvalue weighted by Gasteiger charge is 2.26. The van der Waals surface area contributed by atoms with Gasteiger partial charge in [0.05, 0.1) is 17.8 Å². The summed E-state index contributed by atoms with van der Waals surface area (Å²) >= 11 is 0. The van der Waals surface area contributed by atoms with E-state index in [1.807, 2.05) is 6.92 Å². The smallest absolute Gasteiger partial charge is 0.358 e. The van der Waals surface area contributed by atoms with E-state index >= 15 is 0 Å². The first kappa shape index (κ1) is 13.6. The number of imide groups is 1. The minimum atomic E-state index is -1.07. The largest absolute Gasteiger partial charge is 0.402 e. The number of carbonyl (C=O) groups excluding carboxylic acids is 2. The Morgan fingerprint density at radius 2 is 2.28 bits per heavy atom. The quantitative estimate of drug-likeness (QED) is 0.580. The summed E-state index contributed by atoms with van der Waals surface area (Å²) in [6.07, 6.45) is 2.89. The number of carbonyl (C=O) groups is 2. The van der Waals surface area contributed by atoms with E-state index in [1.54, 1.807) is 5.32 Å². The molecule has 0 fully saturated rings. The second-order valence-electron chi connectivity index (χ2n) is 3.56. The van der Waals surface area contributed by atoms with Crippen LogP contribution in [0.1, 0.15) is 30.1 Å². The molecule has 18 heavy (non-hydrogen) atoms. The normalized spacial score (nSPS) is 10.1. The molecule has 0 saturated carbocycles. The number of hydrogen-bond acceptors (Lipinski definition) is 5. The molecule has 98 valence electrons. The predicted molar refractivity (Wildman–Crippen MR) is 60.8 cm³/mol. The van der Waals surface area contributed by atoms with Crippen LogP contribution in [0.4, 0.5) is 10.6 Å². The highest BCUT2D eigenvalue weighted by molar-refractivity contribution is 6.05. The van der Waals surface area contributed by atoms with Gasteiger partial charge in [-0.15, -0.1) is 0 Å². The summed E-state index contributed by atoms with van der Waals surface area (Å²) in [5, 5.41) is 16.2. The van der Waals surface area contributed by atoms with E-state index in [2.05, 4.69) is 5.10 Å². The Kier molecular flexibility index (Phi) is 4.35. The molecule has 1 aromatic rings. The Balaban J connectivity index is 3.00. The van der Waals surface area contributed by atoms with Crippen LogP contribution in [0.5, 0.6) is 0 Å². The molecular weight excluding hydrogens is 242 g/mol. The van der Waals surface area contributed by atoms with Crippen molar-refractivity contribution in [2.75, 3.05) is 0 Å². The van der Waals surface area contributed by atoms with Gasteiger partial charge in [-0.2, -0.15) is 4.68 Å². The van der Waals surface area contributed by atoms with Crippen LogP contribution in [0.3, 0.4) is 0 Å². The number of amides is 3. The zero-order valence-electron chi connectivity index (χ0n) is 9.75. The summed E-state index contributed by atoms with van der Waals surface area (Å²) in [6, 6.07) is -1.07. The molecule has 3 N–H and O–H groups in total. The SMILES string of the molecule is CCCCn1cc(C(=O)NC(N)=O)c([N+](=O)[O-])n1. The van der Waals surface area contributed by atoms with Crippen LogP contribution < -0.4 is 11.1 Å². The van der Waals surface area contributed by atoms with Crippen LogP contribution in [-0.2, 0) is 6.54 Å². The van der Waals surface area contributed by atoms with Crippen LogP contribution in [0.2, 0.25) is 0 Å². The number of urea groups is 1. The summed E-state index contributed by atoms with van der Waals surface area (Å²) < 4.78 is 1.30. The fourth-order valence-electron chi connectivity index (χ4n) is 1.32. The molecule has 9 heteroatoms.